The van der Waals surface area contributed by atoms with Crippen molar-refractivity contribution in [3.05, 3.63) is 63.8 Å². The highest BCUT2D eigenvalue weighted by atomic mass is 19.4. The van der Waals surface area contributed by atoms with Crippen LogP contribution < -0.4 is 14.9 Å². The van der Waals surface area contributed by atoms with E-state index in [0.717, 1.165) is 37.3 Å². The molecule has 0 aliphatic heterocycles. The van der Waals surface area contributed by atoms with Gasteiger partial charge in [0.2, 0.25) is 11.2 Å². The quantitative estimate of drug-likeness (QED) is 0.335. The monoisotopic (exact) mass is 410 g/mol. The highest BCUT2D eigenvalue weighted by molar-refractivity contribution is 5.82. The Balaban J connectivity index is 2.26. The third-order valence-corrected chi connectivity index (χ3v) is 3.96. The van der Waals surface area contributed by atoms with Crippen LogP contribution in [0, 0.1) is 5.82 Å². The number of halogens is 4. The van der Waals surface area contributed by atoms with Crippen LogP contribution in [0.4, 0.5) is 17.6 Å². The van der Waals surface area contributed by atoms with Gasteiger partial charge < -0.3 is 13.9 Å². The fraction of sp³-hybridized carbons (Fsp3) is 0.200. The standard InChI is InChI=1S/C20H14F4O5/c1-3-11-8-14-16(9-15(11)27-10(2)25)29-19(20(22,23)24)18(17(14)26)28-13-6-4-12(21)5-7-13/h4-9H,3H2,1-2H3. The molecule has 0 saturated heterocycles. The molecule has 1 heterocycles. The van der Waals surface area contributed by atoms with Crippen LogP contribution >= 0.6 is 0 Å². The van der Waals surface area contributed by atoms with Crippen molar-refractivity contribution in [2.45, 2.75) is 26.4 Å². The van der Waals surface area contributed by atoms with Crippen LogP contribution in [0.3, 0.4) is 0 Å². The average molecular weight is 410 g/mol. The number of rotatable bonds is 4. The van der Waals surface area contributed by atoms with Gasteiger partial charge in [-0.05, 0) is 42.3 Å². The largest absolute Gasteiger partial charge is 0.453 e. The molecule has 0 aliphatic rings. The zero-order valence-corrected chi connectivity index (χ0v) is 15.2. The molecule has 0 radical (unpaired) electrons. The number of benzene rings is 2. The summed E-state index contributed by atoms with van der Waals surface area (Å²) in [7, 11) is 0. The second-order valence-corrected chi connectivity index (χ2v) is 6.05. The molecule has 0 N–H and O–H groups in total. The molecular formula is C20H14F4O5. The lowest BCUT2D eigenvalue weighted by molar-refractivity contribution is -0.154. The Kier molecular flexibility index (Phi) is 5.32. The summed E-state index contributed by atoms with van der Waals surface area (Å²) >= 11 is 0. The molecular weight excluding hydrogens is 396 g/mol. The van der Waals surface area contributed by atoms with E-state index < -0.39 is 40.5 Å². The first-order valence-electron chi connectivity index (χ1n) is 8.43. The Bertz CT molecular complexity index is 1130. The van der Waals surface area contributed by atoms with Crippen LogP contribution in [-0.4, -0.2) is 5.97 Å². The number of hydrogen-bond donors (Lipinski definition) is 0. The number of carbonyl (C=O) groups excluding carboxylic acids is 1. The van der Waals surface area contributed by atoms with E-state index >= 15 is 0 Å². The summed E-state index contributed by atoms with van der Waals surface area (Å²) in [4.78, 5) is 24.1. The van der Waals surface area contributed by atoms with Gasteiger partial charge >= 0.3 is 12.1 Å². The van der Waals surface area contributed by atoms with Crippen molar-refractivity contribution in [2.24, 2.45) is 0 Å². The molecule has 29 heavy (non-hydrogen) atoms. The van der Waals surface area contributed by atoms with Gasteiger partial charge in [0, 0.05) is 13.0 Å². The minimum atomic E-state index is -5.05. The zero-order chi connectivity index (χ0) is 21.3. The summed E-state index contributed by atoms with van der Waals surface area (Å²) in [5.74, 6) is -4.19. The molecule has 2 aromatic carbocycles. The van der Waals surface area contributed by atoms with Crippen molar-refractivity contribution in [3.8, 4) is 17.2 Å². The van der Waals surface area contributed by atoms with Gasteiger partial charge in [0.15, 0.2) is 0 Å². The number of ether oxygens (including phenoxy) is 2. The molecule has 0 bridgehead atoms. The molecule has 0 unspecified atom stereocenters. The third-order valence-electron chi connectivity index (χ3n) is 3.96. The number of esters is 1. The highest BCUT2D eigenvalue weighted by Gasteiger charge is 2.40. The first kappa shape index (κ1) is 20.4. The van der Waals surface area contributed by atoms with E-state index in [1.165, 1.54) is 6.07 Å². The predicted molar refractivity (Wildman–Crippen MR) is 94.6 cm³/mol. The van der Waals surface area contributed by atoms with Crippen LogP contribution in [0.15, 0.2) is 45.6 Å². The van der Waals surface area contributed by atoms with Crippen LogP contribution in [0.5, 0.6) is 17.2 Å². The molecule has 0 amide bonds. The van der Waals surface area contributed by atoms with E-state index in [0.29, 0.717) is 12.0 Å². The predicted octanol–water partition coefficient (Wildman–Crippen LogP) is 5.23. The number of fused-ring (bicyclic) bond motifs is 1. The molecule has 3 rings (SSSR count). The number of alkyl halides is 3. The molecule has 9 heteroatoms. The van der Waals surface area contributed by atoms with E-state index in [1.54, 1.807) is 6.92 Å². The topological polar surface area (TPSA) is 65.7 Å². The summed E-state index contributed by atoms with van der Waals surface area (Å²) in [6.07, 6.45) is -4.71. The Labute approximate surface area is 161 Å². The highest BCUT2D eigenvalue weighted by Crippen LogP contribution is 2.39. The van der Waals surface area contributed by atoms with E-state index in [-0.39, 0.29) is 16.9 Å². The first-order valence-corrected chi connectivity index (χ1v) is 8.43. The second kappa shape index (κ2) is 7.57. The Hall–Kier alpha value is -3.36. The molecule has 152 valence electrons. The fourth-order valence-electron chi connectivity index (χ4n) is 2.68. The van der Waals surface area contributed by atoms with Gasteiger partial charge in [-0.15, -0.1) is 0 Å². The van der Waals surface area contributed by atoms with Gasteiger partial charge in [-0.25, -0.2) is 4.39 Å². The van der Waals surface area contributed by atoms with Crippen molar-refractivity contribution in [1.29, 1.82) is 0 Å². The molecule has 5 nitrogen and oxygen atoms in total. The van der Waals surface area contributed by atoms with E-state index in [2.05, 4.69) is 0 Å². The van der Waals surface area contributed by atoms with E-state index in [4.69, 9.17) is 13.9 Å². The summed E-state index contributed by atoms with van der Waals surface area (Å²) in [5.41, 5.74) is -1.05. The molecule has 1 aromatic heterocycles. The summed E-state index contributed by atoms with van der Waals surface area (Å²) in [6.45, 7) is 2.86. The lowest BCUT2D eigenvalue weighted by atomic mass is 10.1. The van der Waals surface area contributed by atoms with Crippen molar-refractivity contribution in [2.75, 3.05) is 0 Å². The fourth-order valence-corrected chi connectivity index (χ4v) is 2.68. The van der Waals surface area contributed by atoms with Crippen molar-refractivity contribution >= 4 is 16.9 Å². The molecule has 0 fully saturated rings. The van der Waals surface area contributed by atoms with E-state index in [9.17, 15) is 27.2 Å². The van der Waals surface area contributed by atoms with E-state index in [1.807, 2.05) is 0 Å². The zero-order valence-electron chi connectivity index (χ0n) is 15.2. The molecule has 0 saturated carbocycles. The maximum atomic E-state index is 13.5. The second-order valence-electron chi connectivity index (χ2n) is 6.05. The van der Waals surface area contributed by atoms with Crippen molar-refractivity contribution < 1.29 is 36.2 Å². The Morgan fingerprint density at radius 1 is 1.14 bits per heavy atom. The SMILES string of the molecule is CCc1cc2c(=O)c(Oc3ccc(F)cc3)c(C(F)(F)F)oc2cc1OC(C)=O. The third kappa shape index (κ3) is 4.23. The minimum Gasteiger partial charge on any atom is -0.449 e. The van der Waals surface area contributed by atoms with Crippen molar-refractivity contribution in [1.82, 2.24) is 0 Å². The number of hydrogen-bond acceptors (Lipinski definition) is 5. The van der Waals surface area contributed by atoms with Gasteiger partial charge in [-0.2, -0.15) is 13.2 Å². The summed E-state index contributed by atoms with van der Waals surface area (Å²) in [6, 6.07) is 6.48. The van der Waals surface area contributed by atoms with Gasteiger partial charge in [0.1, 0.15) is 22.9 Å². The smallest absolute Gasteiger partial charge is 0.449 e. The van der Waals surface area contributed by atoms with Gasteiger partial charge in [0.05, 0.1) is 5.39 Å². The Morgan fingerprint density at radius 2 is 1.79 bits per heavy atom. The molecule has 0 spiro atoms. The minimum absolute atomic E-state index is 0.00372. The normalized spacial score (nSPS) is 11.5. The van der Waals surface area contributed by atoms with Gasteiger partial charge in [-0.3, -0.25) is 9.59 Å². The van der Waals surface area contributed by atoms with Gasteiger partial charge in [-0.1, -0.05) is 6.92 Å². The number of carbonyl (C=O) groups is 1. The van der Waals surface area contributed by atoms with Crippen LogP contribution in [0.25, 0.3) is 11.0 Å². The lowest BCUT2D eigenvalue weighted by Crippen LogP contribution is -2.16. The molecule has 3 aromatic rings. The van der Waals surface area contributed by atoms with Crippen molar-refractivity contribution in [3.63, 3.8) is 0 Å². The summed E-state index contributed by atoms with van der Waals surface area (Å²) in [5, 5.41) is -0.178. The maximum Gasteiger partial charge on any atom is 0.453 e. The lowest BCUT2D eigenvalue weighted by Gasteiger charge is -2.14. The number of aryl methyl sites for hydroxylation is 1. The van der Waals surface area contributed by atoms with Crippen LogP contribution in [0.2, 0.25) is 0 Å². The van der Waals surface area contributed by atoms with Gasteiger partial charge in [0.25, 0.3) is 5.76 Å². The summed E-state index contributed by atoms with van der Waals surface area (Å²) < 4.78 is 68.7. The molecule has 0 atom stereocenters. The maximum absolute atomic E-state index is 13.5. The average Bonchev–Trinajstić information content (AvgIpc) is 2.63. The molecule has 0 aliphatic carbocycles. The first-order chi connectivity index (χ1) is 13.6. The van der Waals surface area contributed by atoms with Crippen LogP contribution in [-0.2, 0) is 17.4 Å². The van der Waals surface area contributed by atoms with Crippen LogP contribution in [0.1, 0.15) is 25.2 Å². The Morgan fingerprint density at radius 3 is 2.34 bits per heavy atom.